The molecule has 0 spiro atoms. The Labute approximate surface area is 267 Å². The van der Waals surface area contributed by atoms with Crippen LogP contribution < -0.4 is 15.4 Å². The van der Waals surface area contributed by atoms with Gasteiger partial charge in [-0.3, -0.25) is 4.79 Å². The Bertz CT molecular complexity index is 1620. The molecule has 3 N–H and O–H groups in total. The van der Waals surface area contributed by atoms with E-state index in [1.165, 1.54) is 0 Å². The molecule has 0 aliphatic carbocycles. The number of hydrogen-bond acceptors (Lipinski definition) is 7. The van der Waals surface area contributed by atoms with Gasteiger partial charge in [0, 0.05) is 0 Å². The summed E-state index contributed by atoms with van der Waals surface area (Å²) >= 11 is 0. The number of carbonyl (C=O) groups is 3. The van der Waals surface area contributed by atoms with Crippen molar-refractivity contribution in [3.63, 3.8) is 0 Å². The minimum Gasteiger partial charge on any atom is -0.459 e. The highest BCUT2D eigenvalue weighted by atomic mass is 19.4. The number of alkyl carbamates (subject to hydrolysis) is 1. The summed E-state index contributed by atoms with van der Waals surface area (Å²) in [6.45, 7) is -0.373. The van der Waals surface area contributed by atoms with Gasteiger partial charge in [0.1, 0.15) is 13.2 Å². The van der Waals surface area contributed by atoms with Crippen LogP contribution in [-0.2, 0) is 38.7 Å². The predicted octanol–water partition coefficient (Wildman–Crippen LogP) is 5.52. The molecular formula is C34H30F4N2O7. The van der Waals surface area contributed by atoms with Gasteiger partial charge in [-0.05, 0) is 40.8 Å². The molecule has 0 radical (unpaired) electrons. The van der Waals surface area contributed by atoms with Crippen molar-refractivity contribution in [2.24, 2.45) is 0 Å². The second-order valence-electron chi connectivity index (χ2n) is 10.2. The molecule has 0 fully saturated rings. The van der Waals surface area contributed by atoms with Crippen LogP contribution in [0.3, 0.4) is 0 Å². The van der Waals surface area contributed by atoms with E-state index >= 15 is 0 Å². The van der Waals surface area contributed by atoms with Crippen LogP contribution in [-0.4, -0.2) is 41.6 Å². The van der Waals surface area contributed by atoms with Gasteiger partial charge < -0.3 is 30.0 Å². The number of rotatable bonds is 13. The van der Waals surface area contributed by atoms with Crippen LogP contribution in [0.15, 0.2) is 109 Å². The van der Waals surface area contributed by atoms with Gasteiger partial charge >= 0.3 is 18.4 Å². The van der Waals surface area contributed by atoms with Crippen LogP contribution in [0.2, 0.25) is 0 Å². The number of amides is 2. The topological polar surface area (TPSA) is 123 Å². The zero-order valence-corrected chi connectivity index (χ0v) is 24.7. The SMILES string of the molecule is O=C(N[C@H](Cc1ccccc1)[C@H](O)C(=O)N[C@H](C(=O)OCc1ccccc1)c1ccc(F)c(OC(F)(F)F)c1)OCc1ccccc1. The number of hydrogen-bond donors (Lipinski definition) is 3. The van der Waals surface area contributed by atoms with Crippen molar-refractivity contribution >= 4 is 18.0 Å². The maximum Gasteiger partial charge on any atom is 0.573 e. The molecular weight excluding hydrogens is 624 g/mol. The summed E-state index contributed by atoms with van der Waals surface area (Å²) in [6, 6.07) is 24.8. The van der Waals surface area contributed by atoms with Gasteiger partial charge in [0.25, 0.3) is 5.91 Å². The number of carbonyl (C=O) groups excluding carboxylic acids is 3. The Morgan fingerprint density at radius 3 is 1.81 bits per heavy atom. The molecule has 4 aromatic rings. The lowest BCUT2D eigenvalue weighted by Crippen LogP contribution is -2.53. The predicted molar refractivity (Wildman–Crippen MR) is 160 cm³/mol. The second kappa shape index (κ2) is 16.2. The van der Waals surface area contributed by atoms with Gasteiger partial charge in [0.15, 0.2) is 23.7 Å². The van der Waals surface area contributed by atoms with Gasteiger partial charge in [-0.25, -0.2) is 14.0 Å². The van der Waals surface area contributed by atoms with Gasteiger partial charge in [0.05, 0.1) is 6.04 Å². The first kappa shape index (κ1) is 34.4. The first-order valence-corrected chi connectivity index (χ1v) is 14.2. The molecule has 0 aromatic heterocycles. The Kier molecular flexibility index (Phi) is 11.9. The van der Waals surface area contributed by atoms with E-state index in [1.807, 2.05) is 0 Å². The third-order valence-corrected chi connectivity index (χ3v) is 6.72. The highest BCUT2D eigenvalue weighted by Crippen LogP contribution is 2.29. The summed E-state index contributed by atoms with van der Waals surface area (Å²) in [4.78, 5) is 39.4. The number of nitrogens with one attached hydrogen (secondary N) is 2. The van der Waals surface area contributed by atoms with Crippen LogP contribution in [0.25, 0.3) is 0 Å². The minimum absolute atomic E-state index is 0.0564. The molecule has 0 aliphatic rings. The maximum absolute atomic E-state index is 14.2. The Balaban J connectivity index is 1.56. The average Bonchev–Trinajstić information content (AvgIpc) is 3.06. The largest absolute Gasteiger partial charge is 0.573 e. The molecule has 0 unspecified atom stereocenters. The molecule has 3 atom stereocenters. The molecule has 246 valence electrons. The average molecular weight is 655 g/mol. The van der Waals surface area contributed by atoms with Crippen LogP contribution >= 0.6 is 0 Å². The zero-order valence-electron chi connectivity index (χ0n) is 24.7. The van der Waals surface area contributed by atoms with Crippen LogP contribution in [0.4, 0.5) is 22.4 Å². The molecule has 4 rings (SSSR count). The molecule has 0 bridgehead atoms. The monoisotopic (exact) mass is 654 g/mol. The van der Waals surface area contributed by atoms with Crippen molar-refractivity contribution in [3.05, 3.63) is 137 Å². The molecule has 13 heteroatoms. The number of esters is 1. The first-order chi connectivity index (χ1) is 22.5. The number of ether oxygens (including phenoxy) is 3. The normalized spacial score (nSPS) is 13.0. The van der Waals surface area contributed by atoms with E-state index in [4.69, 9.17) is 9.47 Å². The lowest BCUT2D eigenvalue weighted by Gasteiger charge is -2.26. The lowest BCUT2D eigenvalue weighted by atomic mass is 9.99. The van der Waals surface area contributed by atoms with E-state index in [0.717, 1.165) is 6.07 Å². The highest BCUT2D eigenvalue weighted by molar-refractivity contribution is 5.88. The summed E-state index contributed by atoms with van der Waals surface area (Å²) in [5, 5.41) is 15.9. The summed E-state index contributed by atoms with van der Waals surface area (Å²) in [5.41, 5.74) is 1.54. The molecule has 9 nitrogen and oxygen atoms in total. The van der Waals surface area contributed by atoms with Crippen LogP contribution in [0.1, 0.15) is 28.3 Å². The standard InChI is InChI=1S/C34H30F4N2O7/c35-26-17-16-25(19-28(26)47-34(36,37)38)29(32(43)45-20-23-12-6-2-7-13-23)40-31(42)30(41)27(18-22-10-4-1-5-11-22)39-33(44)46-21-24-14-8-3-9-15-24/h1-17,19,27,29-30,41H,18,20-21H2,(H,39,44)(H,40,42)/t27-,29+,30+/m1/s1. The highest BCUT2D eigenvalue weighted by Gasteiger charge is 2.35. The number of aliphatic hydroxyl groups is 1. The second-order valence-corrected chi connectivity index (χ2v) is 10.2. The number of benzene rings is 4. The van der Waals surface area contributed by atoms with E-state index in [1.54, 1.807) is 91.0 Å². The van der Waals surface area contributed by atoms with Crippen LogP contribution in [0, 0.1) is 5.82 Å². The lowest BCUT2D eigenvalue weighted by molar-refractivity contribution is -0.275. The third-order valence-electron chi connectivity index (χ3n) is 6.72. The summed E-state index contributed by atoms with van der Waals surface area (Å²) in [6.07, 6.45) is -8.27. The van der Waals surface area contributed by atoms with E-state index in [-0.39, 0.29) is 25.2 Å². The Hall–Kier alpha value is -5.43. The Morgan fingerprint density at radius 2 is 1.26 bits per heavy atom. The van der Waals surface area contributed by atoms with Crippen molar-refractivity contribution in [1.82, 2.24) is 10.6 Å². The summed E-state index contributed by atoms with van der Waals surface area (Å²) in [5.74, 6) is -4.96. The van der Waals surface area contributed by atoms with Crippen molar-refractivity contribution in [1.29, 1.82) is 0 Å². The number of halogens is 4. The van der Waals surface area contributed by atoms with E-state index < -0.39 is 54.1 Å². The van der Waals surface area contributed by atoms with Crippen molar-refractivity contribution < 1.29 is 51.3 Å². The number of alkyl halides is 3. The van der Waals surface area contributed by atoms with Gasteiger partial charge in [-0.15, -0.1) is 13.2 Å². The van der Waals surface area contributed by atoms with Gasteiger partial charge in [-0.2, -0.15) is 0 Å². The van der Waals surface area contributed by atoms with Crippen molar-refractivity contribution in [3.8, 4) is 5.75 Å². The zero-order chi connectivity index (χ0) is 33.8. The molecule has 0 saturated carbocycles. The first-order valence-electron chi connectivity index (χ1n) is 14.2. The smallest absolute Gasteiger partial charge is 0.459 e. The third kappa shape index (κ3) is 10.9. The molecule has 2 amide bonds. The fraction of sp³-hybridized carbons (Fsp3) is 0.206. The van der Waals surface area contributed by atoms with E-state index in [9.17, 15) is 37.1 Å². The molecule has 47 heavy (non-hydrogen) atoms. The fourth-order valence-electron chi connectivity index (χ4n) is 4.43. The number of aliphatic hydroxyl groups excluding tert-OH is 1. The summed E-state index contributed by atoms with van der Waals surface area (Å²) in [7, 11) is 0. The van der Waals surface area contributed by atoms with E-state index in [2.05, 4.69) is 15.4 Å². The van der Waals surface area contributed by atoms with Gasteiger partial charge in [-0.1, -0.05) is 97.1 Å². The van der Waals surface area contributed by atoms with E-state index in [0.29, 0.717) is 28.8 Å². The molecule has 0 heterocycles. The van der Waals surface area contributed by atoms with Gasteiger partial charge in [0.2, 0.25) is 0 Å². The Morgan fingerprint density at radius 1 is 0.723 bits per heavy atom. The quantitative estimate of drug-likeness (QED) is 0.128. The summed E-state index contributed by atoms with van der Waals surface area (Å²) < 4.78 is 67.3. The van der Waals surface area contributed by atoms with Crippen LogP contribution in [0.5, 0.6) is 5.75 Å². The van der Waals surface area contributed by atoms with Crippen molar-refractivity contribution in [2.45, 2.75) is 44.2 Å². The maximum atomic E-state index is 14.2. The van der Waals surface area contributed by atoms with Crippen molar-refractivity contribution in [2.75, 3.05) is 0 Å². The molecule has 0 saturated heterocycles. The molecule has 4 aromatic carbocycles. The minimum atomic E-state index is -5.26. The fourth-order valence-corrected chi connectivity index (χ4v) is 4.43. The molecule has 0 aliphatic heterocycles.